The van der Waals surface area contributed by atoms with E-state index in [1.165, 1.54) is 4.90 Å². The van der Waals surface area contributed by atoms with Crippen LogP contribution in [0.1, 0.15) is 24.6 Å². The van der Waals surface area contributed by atoms with Crippen LogP contribution < -0.4 is 5.32 Å². The van der Waals surface area contributed by atoms with Crippen molar-refractivity contribution in [3.63, 3.8) is 0 Å². The Morgan fingerprint density at radius 3 is 2.74 bits per heavy atom. The van der Waals surface area contributed by atoms with Gasteiger partial charge in [0.05, 0.1) is 0 Å². The third kappa shape index (κ3) is 1.87. The second-order valence-electron chi connectivity index (χ2n) is 5.15. The maximum atomic E-state index is 12.3. The van der Waals surface area contributed by atoms with Gasteiger partial charge in [-0.05, 0) is 31.2 Å². The molecule has 1 aliphatic heterocycles. The minimum Gasteiger partial charge on any atom is -0.277 e. The van der Waals surface area contributed by atoms with E-state index >= 15 is 0 Å². The summed E-state index contributed by atoms with van der Waals surface area (Å²) in [6.07, 6.45) is 1.72. The van der Waals surface area contributed by atoms with Crippen LogP contribution in [0.15, 0.2) is 17.5 Å². The monoisotopic (exact) mass is 278 g/mol. The number of nitrogens with one attached hydrogen (secondary N) is 1. The molecular weight excluding hydrogens is 264 g/mol. The highest BCUT2D eigenvalue weighted by Gasteiger charge is 2.62. The molecule has 2 heterocycles. The van der Waals surface area contributed by atoms with Crippen LogP contribution in [0.3, 0.4) is 0 Å². The molecule has 3 rings (SSSR count). The van der Waals surface area contributed by atoms with Gasteiger partial charge in [0, 0.05) is 17.3 Å². The summed E-state index contributed by atoms with van der Waals surface area (Å²) >= 11 is 1.60. The third-order valence-corrected chi connectivity index (χ3v) is 4.67. The van der Waals surface area contributed by atoms with Gasteiger partial charge in [-0.25, -0.2) is 4.79 Å². The Balaban J connectivity index is 1.81. The lowest BCUT2D eigenvalue weighted by molar-refractivity contribution is -0.145. The average Bonchev–Trinajstić information content (AvgIpc) is 3.01. The Kier molecular flexibility index (Phi) is 2.70. The minimum absolute atomic E-state index is 0.239. The average molecular weight is 278 g/mol. The molecule has 1 aliphatic carbocycles. The lowest BCUT2D eigenvalue weighted by atomic mass is 10.00. The Bertz CT molecular complexity index is 548. The first-order valence-corrected chi connectivity index (χ1v) is 7.14. The number of nitrogens with zero attached hydrogens (tertiary/aromatic N) is 1. The van der Waals surface area contributed by atoms with Crippen molar-refractivity contribution >= 4 is 29.2 Å². The Labute approximate surface area is 114 Å². The fourth-order valence-electron chi connectivity index (χ4n) is 2.47. The van der Waals surface area contributed by atoms with Crippen molar-refractivity contribution < 1.29 is 14.4 Å². The molecule has 0 radical (unpaired) electrons. The highest BCUT2D eigenvalue weighted by molar-refractivity contribution is 7.09. The Morgan fingerprint density at radius 1 is 1.42 bits per heavy atom. The molecule has 1 N–H and O–H groups in total. The molecule has 1 aromatic heterocycles. The van der Waals surface area contributed by atoms with E-state index in [4.69, 9.17) is 0 Å². The molecule has 4 amide bonds. The number of barbiturate groups is 1. The molecule has 5 nitrogen and oxygen atoms in total. The van der Waals surface area contributed by atoms with Crippen molar-refractivity contribution in [2.45, 2.75) is 32.2 Å². The van der Waals surface area contributed by atoms with Crippen LogP contribution in [-0.4, -0.2) is 28.8 Å². The second kappa shape index (κ2) is 4.16. The predicted molar refractivity (Wildman–Crippen MR) is 69.5 cm³/mol. The van der Waals surface area contributed by atoms with Crippen LogP contribution in [0.5, 0.6) is 0 Å². The van der Waals surface area contributed by atoms with E-state index in [0.717, 1.165) is 4.88 Å². The third-order valence-electron chi connectivity index (χ3n) is 3.77. The number of amides is 4. The van der Waals surface area contributed by atoms with Crippen molar-refractivity contribution in [2.75, 3.05) is 0 Å². The zero-order valence-corrected chi connectivity index (χ0v) is 11.3. The smallest absolute Gasteiger partial charge is 0.277 e. The summed E-state index contributed by atoms with van der Waals surface area (Å²) in [6, 6.07) is 3.09. The van der Waals surface area contributed by atoms with E-state index in [0.29, 0.717) is 19.3 Å². The van der Waals surface area contributed by atoms with Gasteiger partial charge in [-0.3, -0.25) is 19.8 Å². The summed E-state index contributed by atoms with van der Waals surface area (Å²) in [7, 11) is 0. The Hall–Kier alpha value is -1.69. The molecule has 1 atom stereocenters. The molecule has 6 heteroatoms. The van der Waals surface area contributed by atoms with E-state index in [-0.39, 0.29) is 11.9 Å². The molecule has 2 fully saturated rings. The fraction of sp³-hybridized carbons (Fsp3) is 0.462. The van der Waals surface area contributed by atoms with Crippen LogP contribution in [-0.2, 0) is 16.0 Å². The van der Waals surface area contributed by atoms with Crippen molar-refractivity contribution in [2.24, 2.45) is 5.41 Å². The maximum Gasteiger partial charge on any atom is 0.331 e. The molecule has 1 saturated carbocycles. The number of rotatable bonds is 3. The number of urea groups is 1. The largest absolute Gasteiger partial charge is 0.331 e. The molecule has 19 heavy (non-hydrogen) atoms. The van der Waals surface area contributed by atoms with Crippen LogP contribution in [0, 0.1) is 5.41 Å². The van der Waals surface area contributed by atoms with E-state index in [1.54, 1.807) is 11.3 Å². The van der Waals surface area contributed by atoms with Gasteiger partial charge in [0.2, 0.25) is 11.8 Å². The fourth-order valence-corrected chi connectivity index (χ4v) is 3.30. The van der Waals surface area contributed by atoms with Crippen molar-refractivity contribution in [3.05, 3.63) is 22.4 Å². The van der Waals surface area contributed by atoms with Gasteiger partial charge in [0.15, 0.2) is 0 Å². The summed E-state index contributed by atoms with van der Waals surface area (Å²) < 4.78 is 0. The highest BCUT2D eigenvalue weighted by atomic mass is 32.1. The quantitative estimate of drug-likeness (QED) is 0.853. The molecule has 1 spiro atoms. The van der Waals surface area contributed by atoms with Gasteiger partial charge in [-0.2, -0.15) is 0 Å². The number of hydrogen-bond acceptors (Lipinski definition) is 4. The minimum atomic E-state index is -0.947. The zero-order valence-electron chi connectivity index (χ0n) is 10.5. The number of imide groups is 2. The molecule has 2 aliphatic rings. The SMILES string of the molecule is CC(Cc1cccs1)N1C(=O)NC(=O)C2(CC2)C1=O. The molecule has 1 aromatic rings. The predicted octanol–water partition coefficient (Wildman–Crippen LogP) is 1.54. The number of hydrogen-bond donors (Lipinski definition) is 1. The summed E-state index contributed by atoms with van der Waals surface area (Å²) in [5, 5.41) is 4.27. The topological polar surface area (TPSA) is 66.5 Å². The normalized spacial score (nSPS) is 22.6. The maximum absolute atomic E-state index is 12.3. The van der Waals surface area contributed by atoms with Crippen molar-refractivity contribution in [1.82, 2.24) is 10.2 Å². The first kappa shape index (κ1) is 12.3. The van der Waals surface area contributed by atoms with E-state index in [1.807, 2.05) is 24.4 Å². The van der Waals surface area contributed by atoms with E-state index < -0.39 is 17.4 Å². The first-order chi connectivity index (χ1) is 9.04. The number of carbonyl (C=O) groups excluding carboxylic acids is 3. The van der Waals surface area contributed by atoms with Gasteiger partial charge >= 0.3 is 6.03 Å². The first-order valence-electron chi connectivity index (χ1n) is 6.26. The summed E-state index contributed by atoms with van der Waals surface area (Å²) in [5.41, 5.74) is -0.947. The summed E-state index contributed by atoms with van der Waals surface area (Å²) in [6.45, 7) is 1.84. The molecule has 0 aromatic carbocycles. The summed E-state index contributed by atoms with van der Waals surface area (Å²) in [5.74, 6) is -0.757. The highest BCUT2D eigenvalue weighted by Crippen LogP contribution is 2.49. The van der Waals surface area contributed by atoms with Crippen LogP contribution in [0.25, 0.3) is 0 Å². The van der Waals surface area contributed by atoms with Gasteiger partial charge in [0.25, 0.3) is 0 Å². The van der Waals surface area contributed by atoms with E-state index in [2.05, 4.69) is 5.32 Å². The van der Waals surface area contributed by atoms with Gasteiger partial charge in [0.1, 0.15) is 5.41 Å². The number of thiophene rings is 1. The molecule has 1 saturated heterocycles. The van der Waals surface area contributed by atoms with Gasteiger partial charge in [-0.15, -0.1) is 11.3 Å². The lowest BCUT2D eigenvalue weighted by Crippen LogP contribution is -2.61. The molecule has 1 unspecified atom stereocenters. The van der Waals surface area contributed by atoms with Gasteiger partial charge < -0.3 is 0 Å². The molecule has 100 valence electrons. The Morgan fingerprint density at radius 2 is 2.16 bits per heavy atom. The standard InChI is InChI=1S/C13H14N2O3S/c1-8(7-9-3-2-6-19-9)15-11(17)13(4-5-13)10(16)14-12(15)18/h2-3,6,8H,4-5,7H2,1H3,(H,14,16,18). The van der Waals surface area contributed by atoms with Crippen LogP contribution >= 0.6 is 11.3 Å². The number of carbonyl (C=O) groups is 3. The van der Waals surface area contributed by atoms with Crippen molar-refractivity contribution in [3.8, 4) is 0 Å². The lowest BCUT2D eigenvalue weighted by Gasteiger charge is -2.34. The van der Waals surface area contributed by atoms with Crippen molar-refractivity contribution in [1.29, 1.82) is 0 Å². The van der Waals surface area contributed by atoms with E-state index in [9.17, 15) is 14.4 Å². The van der Waals surface area contributed by atoms with Crippen LogP contribution in [0.4, 0.5) is 4.79 Å². The molecular formula is C13H14N2O3S. The van der Waals surface area contributed by atoms with Crippen LogP contribution in [0.2, 0.25) is 0 Å². The molecule has 0 bridgehead atoms. The zero-order chi connectivity index (χ0) is 13.6. The van der Waals surface area contributed by atoms with Gasteiger partial charge in [-0.1, -0.05) is 6.07 Å². The second-order valence-corrected chi connectivity index (χ2v) is 6.18. The summed E-state index contributed by atoms with van der Waals surface area (Å²) in [4.78, 5) is 38.3.